The van der Waals surface area contributed by atoms with Crippen LogP contribution in [0, 0.1) is 5.92 Å². The van der Waals surface area contributed by atoms with E-state index in [1.54, 1.807) is 0 Å². The standard InChI is InChI=1S/C15H25NO/c1-11(2)14(13-9-7-6-8-10-13)16-12(3)15(4,5)17/h6-12,14,16-17H,1-5H3. The van der Waals surface area contributed by atoms with Gasteiger partial charge >= 0.3 is 0 Å². The minimum absolute atomic E-state index is 0.0510. The van der Waals surface area contributed by atoms with Gasteiger partial charge in [0.1, 0.15) is 0 Å². The minimum Gasteiger partial charge on any atom is -0.389 e. The van der Waals surface area contributed by atoms with Gasteiger partial charge in [-0.2, -0.15) is 0 Å². The Bertz CT molecular complexity index is 327. The lowest BCUT2D eigenvalue weighted by Gasteiger charge is -2.33. The van der Waals surface area contributed by atoms with Gasteiger partial charge in [0, 0.05) is 12.1 Å². The molecule has 0 aliphatic carbocycles. The minimum atomic E-state index is -0.706. The Balaban J connectivity index is 2.82. The lowest BCUT2D eigenvalue weighted by Crippen LogP contribution is -2.47. The quantitative estimate of drug-likeness (QED) is 0.822. The van der Waals surface area contributed by atoms with E-state index >= 15 is 0 Å². The average Bonchev–Trinajstić information content (AvgIpc) is 2.25. The first-order valence-corrected chi connectivity index (χ1v) is 6.35. The van der Waals surface area contributed by atoms with Crippen molar-refractivity contribution in [3.05, 3.63) is 35.9 Å². The summed E-state index contributed by atoms with van der Waals surface area (Å²) in [5.41, 5.74) is 0.570. The fourth-order valence-corrected chi connectivity index (χ4v) is 1.81. The first-order chi connectivity index (χ1) is 7.82. The Kier molecular flexibility index (Phi) is 4.72. The maximum atomic E-state index is 10.0. The summed E-state index contributed by atoms with van der Waals surface area (Å²) in [6.45, 7) is 10.1. The molecule has 0 radical (unpaired) electrons. The Morgan fingerprint density at radius 3 is 2.00 bits per heavy atom. The molecule has 0 heterocycles. The molecule has 0 aliphatic rings. The molecule has 0 fully saturated rings. The van der Waals surface area contributed by atoms with Crippen molar-refractivity contribution in [1.29, 1.82) is 0 Å². The van der Waals surface area contributed by atoms with Crippen LogP contribution in [0.5, 0.6) is 0 Å². The smallest absolute Gasteiger partial charge is 0.0741 e. The van der Waals surface area contributed by atoms with E-state index in [1.807, 2.05) is 26.8 Å². The Hall–Kier alpha value is -0.860. The van der Waals surface area contributed by atoms with E-state index in [-0.39, 0.29) is 12.1 Å². The largest absolute Gasteiger partial charge is 0.389 e. The molecule has 0 amide bonds. The van der Waals surface area contributed by atoms with Crippen LogP contribution in [-0.4, -0.2) is 16.7 Å². The van der Waals surface area contributed by atoms with E-state index < -0.39 is 5.60 Å². The van der Waals surface area contributed by atoms with Crippen molar-refractivity contribution in [2.75, 3.05) is 0 Å². The van der Waals surface area contributed by atoms with Gasteiger partial charge < -0.3 is 10.4 Å². The Morgan fingerprint density at radius 2 is 1.59 bits per heavy atom. The summed E-state index contributed by atoms with van der Waals surface area (Å²) in [5, 5.41) is 13.5. The molecule has 0 saturated carbocycles. The predicted molar refractivity (Wildman–Crippen MR) is 72.9 cm³/mol. The van der Waals surface area contributed by atoms with Crippen LogP contribution in [0.1, 0.15) is 46.2 Å². The van der Waals surface area contributed by atoms with E-state index in [4.69, 9.17) is 0 Å². The predicted octanol–water partition coefficient (Wildman–Crippen LogP) is 3.13. The van der Waals surface area contributed by atoms with Crippen LogP contribution in [0.2, 0.25) is 0 Å². The van der Waals surface area contributed by atoms with Crippen LogP contribution in [0.25, 0.3) is 0 Å². The van der Waals surface area contributed by atoms with Gasteiger partial charge in [0.05, 0.1) is 5.60 Å². The summed E-state index contributed by atoms with van der Waals surface area (Å²) in [5.74, 6) is 0.488. The van der Waals surface area contributed by atoms with Gasteiger partial charge in [-0.1, -0.05) is 44.2 Å². The summed E-state index contributed by atoms with van der Waals surface area (Å²) in [6.07, 6.45) is 0. The highest BCUT2D eigenvalue weighted by Crippen LogP contribution is 2.23. The molecule has 2 unspecified atom stereocenters. The first kappa shape index (κ1) is 14.2. The molecule has 17 heavy (non-hydrogen) atoms. The molecule has 0 aromatic heterocycles. The van der Waals surface area contributed by atoms with Crippen molar-refractivity contribution < 1.29 is 5.11 Å². The molecular weight excluding hydrogens is 210 g/mol. The third-order valence-corrected chi connectivity index (χ3v) is 3.31. The van der Waals surface area contributed by atoms with E-state index in [2.05, 4.69) is 43.4 Å². The SMILES string of the molecule is CC(C)C(NC(C)C(C)(C)O)c1ccccc1. The highest BCUT2D eigenvalue weighted by molar-refractivity contribution is 5.19. The fourth-order valence-electron chi connectivity index (χ4n) is 1.81. The van der Waals surface area contributed by atoms with Crippen molar-refractivity contribution in [2.24, 2.45) is 5.92 Å². The normalized spacial score (nSPS) is 15.9. The highest BCUT2D eigenvalue weighted by Gasteiger charge is 2.26. The number of benzene rings is 1. The molecule has 2 heteroatoms. The van der Waals surface area contributed by atoms with Gasteiger partial charge in [-0.3, -0.25) is 0 Å². The molecule has 1 aromatic rings. The van der Waals surface area contributed by atoms with E-state index in [9.17, 15) is 5.11 Å². The second kappa shape index (κ2) is 5.65. The van der Waals surface area contributed by atoms with Crippen LogP contribution in [0.4, 0.5) is 0 Å². The number of hydrogen-bond acceptors (Lipinski definition) is 2. The molecule has 0 saturated heterocycles. The molecule has 0 aliphatic heterocycles. The van der Waals surface area contributed by atoms with Crippen LogP contribution in [-0.2, 0) is 0 Å². The van der Waals surface area contributed by atoms with Gasteiger partial charge in [0.2, 0.25) is 0 Å². The second-order valence-corrected chi connectivity index (χ2v) is 5.67. The molecule has 96 valence electrons. The van der Waals surface area contributed by atoms with E-state index in [1.165, 1.54) is 5.56 Å². The molecule has 1 aromatic carbocycles. The van der Waals surface area contributed by atoms with E-state index in [0.29, 0.717) is 5.92 Å². The molecule has 2 N–H and O–H groups in total. The highest BCUT2D eigenvalue weighted by atomic mass is 16.3. The summed E-state index contributed by atoms with van der Waals surface area (Å²) in [6, 6.07) is 10.7. The van der Waals surface area contributed by atoms with Crippen molar-refractivity contribution >= 4 is 0 Å². The first-order valence-electron chi connectivity index (χ1n) is 6.35. The molecule has 1 rings (SSSR count). The van der Waals surface area contributed by atoms with Gasteiger partial charge in [-0.15, -0.1) is 0 Å². The van der Waals surface area contributed by atoms with Crippen molar-refractivity contribution in [3.63, 3.8) is 0 Å². The zero-order valence-electron chi connectivity index (χ0n) is 11.6. The van der Waals surface area contributed by atoms with Crippen molar-refractivity contribution in [3.8, 4) is 0 Å². The average molecular weight is 235 g/mol. The lowest BCUT2D eigenvalue weighted by atomic mass is 9.92. The zero-order chi connectivity index (χ0) is 13.1. The number of aliphatic hydroxyl groups is 1. The van der Waals surface area contributed by atoms with Crippen LogP contribution in [0.3, 0.4) is 0 Å². The van der Waals surface area contributed by atoms with Gasteiger partial charge in [0.25, 0.3) is 0 Å². The third kappa shape index (κ3) is 4.14. The van der Waals surface area contributed by atoms with Gasteiger partial charge in [-0.05, 0) is 32.3 Å². The summed E-state index contributed by atoms with van der Waals surface area (Å²) in [4.78, 5) is 0. The number of nitrogens with one attached hydrogen (secondary N) is 1. The summed E-state index contributed by atoms with van der Waals surface area (Å²) in [7, 11) is 0. The van der Waals surface area contributed by atoms with Gasteiger partial charge in [0.15, 0.2) is 0 Å². The van der Waals surface area contributed by atoms with Crippen molar-refractivity contribution in [1.82, 2.24) is 5.32 Å². The molecule has 0 bridgehead atoms. The van der Waals surface area contributed by atoms with Gasteiger partial charge in [-0.25, -0.2) is 0 Å². The summed E-state index contributed by atoms with van der Waals surface area (Å²) < 4.78 is 0. The maximum absolute atomic E-state index is 10.0. The summed E-state index contributed by atoms with van der Waals surface area (Å²) >= 11 is 0. The number of rotatable bonds is 5. The number of hydrogen-bond donors (Lipinski definition) is 2. The van der Waals surface area contributed by atoms with Crippen molar-refractivity contribution in [2.45, 2.75) is 52.3 Å². The molecule has 2 nitrogen and oxygen atoms in total. The van der Waals surface area contributed by atoms with Crippen LogP contribution in [0.15, 0.2) is 30.3 Å². The topological polar surface area (TPSA) is 32.3 Å². The molecular formula is C15H25NO. The Labute approximate surface area is 105 Å². The van der Waals surface area contributed by atoms with Crippen LogP contribution >= 0.6 is 0 Å². The maximum Gasteiger partial charge on any atom is 0.0741 e. The second-order valence-electron chi connectivity index (χ2n) is 5.67. The zero-order valence-corrected chi connectivity index (χ0v) is 11.6. The third-order valence-electron chi connectivity index (χ3n) is 3.31. The monoisotopic (exact) mass is 235 g/mol. The Morgan fingerprint density at radius 1 is 1.06 bits per heavy atom. The fraction of sp³-hybridized carbons (Fsp3) is 0.600. The van der Waals surface area contributed by atoms with Crippen LogP contribution < -0.4 is 5.32 Å². The lowest BCUT2D eigenvalue weighted by molar-refractivity contribution is 0.0372. The molecule has 0 spiro atoms. The van der Waals surface area contributed by atoms with E-state index in [0.717, 1.165) is 0 Å². The molecule has 2 atom stereocenters.